The SMILES string of the molecule is Cc1cccc2nc(CNC(=O)N[C@H]3CC(=O)N(C(C)(C)C)C3)cn12. The molecule has 7 heteroatoms. The van der Waals surface area contributed by atoms with E-state index in [2.05, 4.69) is 15.6 Å². The van der Waals surface area contributed by atoms with Gasteiger partial charge in [-0.15, -0.1) is 0 Å². The number of likely N-dealkylation sites (tertiary alicyclic amines) is 1. The van der Waals surface area contributed by atoms with E-state index >= 15 is 0 Å². The molecule has 0 aliphatic carbocycles. The summed E-state index contributed by atoms with van der Waals surface area (Å²) < 4.78 is 1.99. The van der Waals surface area contributed by atoms with Crippen molar-refractivity contribution in [3.63, 3.8) is 0 Å². The zero-order chi connectivity index (χ0) is 18.2. The lowest BCUT2D eigenvalue weighted by Gasteiger charge is -2.32. The van der Waals surface area contributed by atoms with Crippen molar-refractivity contribution in [3.8, 4) is 0 Å². The summed E-state index contributed by atoms with van der Waals surface area (Å²) in [5, 5.41) is 5.70. The summed E-state index contributed by atoms with van der Waals surface area (Å²) in [5.41, 5.74) is 2.52. The number of aryl methyl sites for hydroxylation is 1. The quantitative estimate of drug-likeness (QED) is 0.892. The van der Waals surface area contributed by atoms with Crippen LogP contribution >= 0.6 is 0 Å². The minimum atomic E-state index is -0.276. The Morgan fingerprint density at radius 2 is 2.12 bits per heavy atom. The van der Waals surface area contributed by atoms with Crippen molar-refractivity contribution in [2.75, 3.05) is 6.54 Å². The van der Waals surface area contributed by atoms with Crippen molar-refractivity contribution < 1.29 is 9.59 Å². The third-order valence-corrected chi connectivity index (χ3v) is 4.45. The average molecular weight is 343 g/mol. The average Bonchev–Trinajstić information content (AvgIpc) is 3.09. The lowest BCUT2D eigenvalue weighted by atomic mass is 10.1. The molecule has 3 amide bonds. The zero-order valence-electron chi connectivity index (χ0n) is 15.2. The van der Waals surface area contributed by atoms with Gasteiger partial charge in [-0.3, -0.25) is 4.79 Å². The van der Waals surface area contributed by atoms with Crippen LogP contribution in [0.3, 0.4) is 0 Å². The van der Waals surface area contributed by atoms with Crippen molar-refractivity contribution in [1.29, 1.82) is 0 Å². The second-order valence-corrected chi connectivity index (χ2v) is 7.53. The highest BCUT2D eigenvalue weighted by Gasteiger charge is 2.36. The summed E-state index contributed by atoms with van der Waals surface area (Å²) in [6, 6.07) is 5.47. The van der Waals surface area contributed by atoms with Crippen LogP contribution in [0.1, 0.15) is 38.6 Å². The number of hydrogen-bond donors (Lipinski definition) is 2. The molecule has 134 valence electrons. The first kappa shape index (κ1) is 17.3. The fourth-order valence-corrected chi connectivity index (χ4v) is 3.14. The Bertz CT molecular complexity index is 805. The number of rotatable bonds is 3. The Balaban J connectivity index is 1.54. The van der Waals surface area contributed by atoms with Crippen LogP contribution in [0.15, 0.2) is 24.4 Å². The molecule has 1 fully saturated rings. The Morgan fingerprint density at radius 1 is 1.36 bits per heavy atom. The minimum absolute atomic E-state index is 0.0774. The topological polar surface area (TPSA) is 78.7 Å². The first-order chi connectivity index (χ1) is 11.7. The van der Waals surface area contributed by atoms with Crippen molar-refractivity contribution >= 4 is 17.6 Å². The van der Waals surface area contributed by atoms with Gasteiger partial charge in [-0.05, 0) is 39.8 Å². The fraction of sp³-hybridized carbons (Fsp3) is 0.500. The number of hydrogen-bond acceptors (Lipinski definition) is 3. The molecule has 1 aliphatic heterocycles. The molecular formula is C18H25N5O2. The van der Waals surface area contributed by atoms with Gasteiger partial charge in [-0.25, -0.2) is 9.78 Å². The predicted molar refractivity (Wildman–Crippen MR) is 95.2 cm³/mol. The van der Waals surface area contributed by atoms with E-state index in [1.54, 1.807) is 0 Å². The van der Waals surface area contributed by atoms with Gasteiger partial charge in [0.05, 0.1) is 18.3 Å². The van der Waals surface area contributed by atoms with E-state index in [0.717, 1.165) is 17.0 Å². The molecule has 2 aromatic heterocycles. The van der Waals surface area contributed by atoms with Crippen LogP contribution in [0.2, 0.25) is 0 Å². The molecule has 0 bridgehead atoms. The number of nitrogens with one attached hydrogen (secondary N) is 2. The van der Waals surface area contributed by atoms with Gasteiger partial charge in [-0.1, -0.05) is 6.07 Å². The van der Waals surface area contributed by atoms with Gasteiger partial charge in [0.1, 0.15) is 5.65 Å². The number of fused-ring (bicyclic) bond motifs is 1. The maximum absolute atomic E-state index is 12.1. The van der Waals surface area contributed by atoms with E-state index in [1.807, 2.05) is 61.4 Å². The Morgan fingerprint density at radius 3 is 2.76 bits per heavy atom. The molecule has 0 unspecified atom stereocenters. The van der Waals surface area contributed by atoms with Crippen molar-refractivity contribution in [2.24, 2.45) is 0 Å². The van der Waals surface area contributed by atoms with Gasteiger partial charge in [0.15, 0.2) is 0 Å². The second-order valence-electron chi connectivity index (χ2n) is 7.53. The van der Waals surface area contributed by atoms with Gasteiger partial charge in [0, 0.05) is 30.4 Å². The van der Waals surface area contributed by atoms with E-state index in [4.69, 9.17) is 0 Å². The summed E-state index contributed by atoms with van der Waals surface area (Å²) in [7, 11) is 0. The molecule has 0 radical (unpaired) electrons. The van der Waals surface area contributed by atoms with Crippen LogP contribution < -0.4 is 10.6 Å². The van der Waals surface area contributed by atoms with Crippen LogP contribution in [-0.2, 0) is 11.3 Å². The number of amides is 3. The van der Waals surface area contributed by atoms with E-state index in [-0.39, 0.29) is 23.5 Å². The number of carbonyl (C=O) groups is 2. The number of carbonyl (C=O) groups excluding carboxylic acids is 2. The smallest absolute Gasteiger partial charge is 0.315 e. The maximum atomic E-state index is 12.1. The molecule has 0 aromatic carbocycles. The van der Waals surface area contributed by atoms with Crippen LogP contribution in [0.4, 0.5) is 4.79 Å². The molecule has 25 heavy (non-hydrogen) atoms. The molecule has 7 nitrogen and oxygen atoms in total. The second kappa shape index (κ2) is 6.38. The minimum Gasteiger partial charge on any atom is -0.336 e. The lowest BCUT2D eigenvalue weighted by Crippen LogP contribution is -2.46. The highest BCUT2D eigenvalue weighted by molar-refractivity contribution is 5.82. The molecule has 2 N–H and O–H groups in total. The number of nitrogens with zero attached hydrogens (tertiary/aromatic N) is 3. The van der Waals surface area contributed by atoms with Crippen LogP contribution in [0.5, 0.6) is 0 Å². The maximum Gasteiger partial charge on any atom is 0.315 e. The van der Waals surface area contributed by atoms with E-state index < -0.39 is 0 Å². The first-order valence-corrected chi connectivity index (χ1v) is 8.52. The highest BCUT2D eigenvalue weighted by atomic mass is 16.2. The Hall–Kier alpha value is -2.57. The Labute approximate surface area is 147 Å². The van der Waals surface area contributed by atoms with E-state index in [0.29, 0.717) is 19.5 Å². The van der Waals surface area contributed by atoms with Gasteiger partial charge >= 0.3 is 6.03 Å². The van der Waals surface area contributed by atoms with Crippen LogP contribution in [0.25, 0.3) is 5.65 Å². The molecule has 3 heterocycles. The molecule has 2 aromatic rings. The summed E-state index contributed by atoms with van der Waals surface area (Å²) in [6.07, 6.45) is 2.27. The first-order valence-electron chi connectivity index (χ1n) is 8.52. The molecule has 1 saturated heterocycles. The van der Waals surface area contributed by atoms with Gasteiger partial charge in [-0.2, -0.15) is 0 Å². The predicted octanol–water partition coefficient (Wildman–Crippen LogP) is 1.84. The monoisotopic (exact) mass is 343 g/mol. The summed E-state index contributed by atoms with van der Waals surface area (Å²) in [6.45, 7) is 8.90. The summed E-state index contributed by atoms with van der Waals surface area (Å²) >= 11 is 0. The fourth-order valence-electron chi connectivity index (χ4n) is 3.14. The van der Waals surface area contributed by atoms with Crippen LogP contribution in [-0.4, -0.2) is 44.3 Å². The van der Waals surface area contributed by atoms with Crippen molar-refractivity contribution in [2.45, 2.75) is 52.2 Å². The zero-order valence-corrected chi connectivity index (χ0v) is 15.2. The normalized spacial score (nSPS) is 18.0. The summed E-state index contributed by atoms with van der Waals surface area (Å²) in [4.78, 5) is 30.5. The largest absolute Gasteiger partial charge is 0.336 e. The third-order valence-electron chi connectivity index (χ3n) is 4.45. The van der Waals surface area contributed by atoms with Gasteiger partial charge < -0.3 is 19.9 Å². The summed E-state index contributed by atoms with van der Waals surface area (Å²) in [5.74, 6) is 0.0774. The number of aromatic nitrogens is 2. The van der Waals surface area contributed by atoms with Crippen LogP contribution in [0, 0.1) is 6.92 Å². The molecule has 3 rings (SSSR count). The lowest BCUT2D eigenvalue weighted by molar-refractivity contribution is -0.131. The standard InChI is InChI=1S/C18H25N5O2/c1-12-6-5-7-15-20-14(10-22(12)15)9-19-17(25)21-13-8-16(24)23(11-13)18(2,3)4/h5-7,10,13H,8-9,11H2,1-4H3,(H2,19,21,25)/t13-/m0/s1. The third kappa shape index (κ3) is 3.75. The molecule has 0 spiro atoms. The molecule has 1 atom stereocenters. The molecule has 0 saturated carbocycles. The van der Waals surface area contributed by atoms with Gasteiger partial charge in [0.25, 0.3) is 0 Å². The van der Waals surface area contributed by atoms with E-state index in [1.165, 1.54) is 0 Å². The number of pyridine rings is 1. The Kier molecular flexibility index (Phi) is 4.41. The van der Waals surface area contributed by atoms with E-state index in [9.17, 15) is 9.59 Å². The van der Waals surface area contributed by atoms with Crippen molar-refractivity contribution in [3.05, 3.63) is 35.8 Å². The number of imidazole rings is 1. The molecule has 1 aliphatic rings. The number of urea groups is 1. The van der Waals surface area contributed by atoms with Crippen molar-refractivity contribution in [1.82, 2.24) is 24.9 Å². The highest BCUT2D eigenvalue weighted by Crippen LogP contribution is 2.21. The molecular weight excluding hydrogens is 318 g/mol. The van der Waals surface area contributed by atoms with Gasteiger partial charge in [0.2, 0.25) is 5.91 Å².